The van der Waals surface area contributed by atoms with Crippen molar-refractivity contribution in [1.29, 1.82) is 0 Å². The molecule has 0 bridgehead atoms. The molecule has 0 spiro atoms. The lowest BCUT2D eigenvalue weighted by Gasteiger charge is -2.15. The van der Waals surface area contributed by atoms with E-state index in [1.807, 2.05) is 19.1 Å². The van der Waals surface area contributed by atoms with Gasteiger partial charge in [0, 0.05) is 19.0 Å². The predicted octanol–water partition coefficient (Wildman–Crippen LogP) is 4.06. The third-order valence-corrected chi connectivity index (χ3v) is 3.16. The Balaban J connectivity index is 2.61. The Morgan fingerprint density at radius 2 is 2.12 bits per heavy atom. The zero-order valence-corrected chi connectivity index (χ0v) is 11.0. The van der Waals surface area contributed by atoms with E-state index in [9.17, 15) is 0 Å². The summed E-state index contributed by atoms with van der Waals surface area (Å²) in [6.07, 6.45) is 0.846. The number of hydrogen-bond acceptors (Lipinski definition) is 1. The molecule has 1 aromatic rings. The third kappa shape index (κ3) is 3.72. The van der Waals surface area contributed by atoms with Crippen LogP contribution in [-0.2, 0) is 0 Å². The molecule has 1 aromatic carbocycles. The molecule has 0 aliphatic carbocycles. The maximum atomic E-state index is 6.13. The molecule has 0 radical (unpaired) electrons. The van der Waals surface area contributed by atoms with Gasteiger partial charge in [-0.15, -0.1) is 11.8 Å². The molecule has 1 atom stereocenters. The Morgan fingerprint density at radius 1 is 1.38 bits per heavy atom. The summed E-state index contributed by atoms with van der Waals surface area (Å²) >= 11 is 12.1. The Hall–Kier alpha value is -0.680. The van der Waals surface area contributed by atoms with Crippen molar-refractivity contribution in [2.24, 2.45) is 0 Å². The topological polar surface area (TPSA) is 12.0 Å². The molecular formula is C13H15Cl2N. The highest BCUT2D eigenvalue weighted by Crippen LogP contribution is 2.29. The van der Waals surface area contributed by atoms with Crippen molar-refractivity contribution in [3.05, 3.63) is 33.8 Å². The zero-order valence-electron chi connectivity index (χ0n) is 9.48. The molecule has 0 saturated heterocycles. The van der Waals surface area contributed by atoms with Crippen LogP contribution in [0.3, 0.4) is 0 Å². The predicted molar refractivity (Wildman–Crippen MR) is 70.9 cm³/mol. The number of benzene rings is 1. The van der Waals surface area contributed by atoms with Crippen molar-refractivity contribution in [2.45, 2.75) is 26.3 Å². The molecule has 1 N–H and O–H groups in total. The quantitative estimate of drug-likeness (QED) is 0.632. The van der Waals surface area contributed by atoms with Crippen LogP contribution < -0.4 is 5.32 Å². The molecule has 0 fully saturated rings. The average molecular weight is 256 g/mol. The normalized spacial score (nSPS) is 11.8. The van der Waals surface area contributed by atoms with Gasteiger partial charge in [-0.05, 0) is 25.5 Å². The van der Waals surface area contributed by atoms with Crippen LogP contribution in [0.25, 0.3) is 0 Å². The largest absolute Gasteiger partial charge is 0.309 e. The highest BCUT2D eigenvalue weighted by Gasteiger charge is 2.10. The van der Waals surface area contributed by atoms with Gasteiger partial charge in [-0.25, -0.2) is 0 Å². The minimum Gasteiger partial charge on any atom is -0.309 e. The van der Waals surface area contributed by atoms with Crippen LogP contribution in [0.15, 0.2) is 18.2 Å². The monoisotopic (exact) mass is 255 g/mol. The van der Waals surface area contributed by atoms with Crippen LogP contribution in [0.1, 0.15) is 31.9 Å². The van der Waals surface area contributed by atoms with E-state index in [1.165, 1.54) is 0 Å². The second-order valence-corrected chi connectivity index (χ2v) is 4.28. The molecule has 0 heterocycles. The van der Waals surface area contributed by atoms with Gasteiger partial charge in [0.15, 0.2) is 0 Å². The summed E-state index contributed by atoms with van der Waals surface area (Å²) < 4.78 is 0. The van der Waals surface area contributed by atoms with Gasteiger partial charge in [-0.1, -0.05) is 35.3 Å². The summed E-state index contributed by atoms with van der Waals surface area (Å²) in [6, 6.07) is 5.87. The van der Waals surface area contributed by atoms with Gasteiger partial charge in [0.05, 0.1) is 10.0 Å². The van der Waals surface area contributed by atoms with Crippen LogP contribution >= 0.6 is 23.2 Å². The maximum absolute atomic E-state index is 6.13. The minimum absolute atomic E-state index is 0.185. The lowest BCUT2D eigenvalue weighted by atomic mass is 10.1. The average Bonchev–Trinajstić information content (AvgIpc) is 2.28. The highest BCUT2D eigenvalue weighted by molar-refractivity contribution is 6.42. The highest BCUT2D eigenvalue weighted by atomic mass is 35.5. The zero-order chi connectivity index (χ0) is 12.0. The summed E-state index contributed by atoms with van der Waals surface area (Å²) in [6.45, 7) is 4.76. The Kier molecular flexibility index (Phi) is 5.69. The van der Waals surface area contributed by atoms with Crippen molar-refractivity contribution in [1.82, 2.24) is 5.32 Å². The fraction of sp³-hybridized carbons (Fsp3) is 0.385. The van der Waals surface area contributed by atoms with Gasteiger partial charge in [-0.3, -0.25) is 0 Å². The van der Waals surface area contributed by atoms with Gasteiger partial charge < -0.3 is 5.32 Å². The van der Waals surface area contributed by atoms with Gasteiger partial charge in [0.2, 0.25) is 0 Å². The van der Waals surface area contributed by atoms with Gasteiger partial charge in [-0.2, -0.15) is 0 Å². The molecule has 1 nitrogen and oxygen atoms in total. The second-order valence-electron chi connectivity index (χ2n) is 3.50. The lowest BCUT2D eigenvalue weighted by Crippen LogP contribution is -2.19. The van der Waals surface area contributed by atoms with Crippen molar-refractivity contribution in [3.8, 4) is 11.8 Å². The maximum Gasteiger partial charge on any atom is 0.0639 e. The van der Waals surface area contributed by atoms with Crippen LogP contribution in [0.4, 0.5) is 0 Å². The molecule has 1 unspecified atom stereocenters. The molecule has 0 saturated carbocycles. The fourth-order valence-electron chi connectivity index (χ4n) is 1.44. The van der Waals surface area contributed by atoms with E-state index in [2.05, 4.69) is 24.1 Å². The van der Waals surface area contributed by atoms with Crippen LogP contribution in [0.5, 0.6) is 0 Å². The first-order valence-corrected chi connectivity index (χ1v) is 5.99. The summed E-state index contributed by atoms with van der Waals surface area (Å²) in [5, 5.41) is 4.58. The van der Waals surface area contributed by atoms with Crippen molar-refractivity contribution >= 4 is 23.2 Å². The van der Waals surface area contributed by atoms with E-state index < -0.39 is 0 Å². The molecule has 0 aliphatic rings. The number of nitrogens with one attached hydrogen (secondary N) is 1. The number of rotatable bonds is 4. The molecular weight excluding hydrogens is 241 g/mol. The summed E-state index contributed by atoms with van der Waals surface area (Å²) in [5.41, 5.74) is 1.03. The summed E-state index contributed by atoms with van der Waals surface area (Å²) in [5.74, 6) is 5.87. The fourth-order valence-corrected chi connectivity index (χ4v) is 1.91. The SMILES string of the molecule is CC#CCCNC(C)c1cccc(Cl)c1Cl. The number of halogens is 2. The molecule has 16 heavy (non-hydrogen) atoms. The third-order valence-electron chi connectivity index (χ3n) is 2.33. The van der Waals surface area contributed by atoms with Crippen LogP contribution in [0.2, 0.25) is 10.0 Å². The summed E-state index contributed by atoms with van der Waals surface area (Å²) in [4.78, 5) is 0. The second kappa shape index (κ2) is 6.81. The first-order chi connectivity index (χ1) is 7.66. The van der Waals surface area contributed by atoms with Gasteiger partial charge >= 0.3 is 0 Å². The number of hydrogen-bond donors (Lipinski definition) is 1. The van der Waals surface area contributed by atoms with Crippen molar-refractivity contribution < 1.29 is 0 Å². The van der Waals surface area contributed by atoms with Gasteiger partial charge in [0.25, 0.3) is 0 Å². The van der Waals surface area contributed by atoms with Crippen LogP contribution in [0, 0.1) is 11.8 Å². The standard InChI is InChI=1S/C13H15Cl2N/c1-3-4-5-9-16-10(2)11-7-6-8-12(14)13(11)15/h6-8,10,16H,5,9H2,1-2H3. The summed E-state index contributed by atoms with van der Waals surface area (Å²) in [7, 11) is 0. The molecule has 3 heteroatoms. The van der Waals surface area contributed by atoms with E-state index in [-0.39, 0.29) is 6.04 Å². The molecule has 0 aromatic heterocycles. The smallest absolute Gasteiger partial charge is 0.0639 e. The lowest BCUT2D eigenvalue weighted by molar-refractivity contribution is 0.584. The van der Waals surface area contributed by atoms with E-state index in [0.29, 0.717) is 10.0 Å². The minimum atomic E-state index is 0.185. The molecule has 0 amide bonds. The van der Waals surface area contributed by atoms with Gasteiger partial charge in [0.1, 0.15) is 0 Å². The molecule has 0 aliphatic heterocycles. The van der Waals surface area contributed by atoms with E-state index in [4.69, 9.17) is 23.2 Å². The van der Waals surface area contributed by atoms with Crippen LogP contribution in [-0.4, -0.2) is 6.54 Å². The van der Waals surface area contributed by atoms with E-state index in [0.717, 1.165) is 18.5 Å². The Morgan fingerprint density at radius 3 is 2.81 bits per heavy atom. The Bertz CT molecular complexity index is 404. The molecule has 1 rings (SSSR count). The van der Waals surface area contributed by atoms with E-state index in [1.54, 1.807) is 6.07 Å². The van der Waals surface area contributed by atoms with Crippen molar-refractivity contribution in [2.75, 3.05) is 6.54 Å². The first kappa shape index (κ1) is 13.4. The van der Waals surface area contributed by atoms with Crippen molar-refractivity contribution in [3.63, 3.8) is 0 Å². The van der Waals surface area contributed by atoms with E-state index >= 15 is 0 Å². The Labute approximate surface area is 107 Å². The molecule has 86 valence electrons. The first-order valence-electron chi connectivity index (χ1n) is 5.23.